The molecule has 8 heteroatoms. The number of hydrogen-bond donors (Lipinski definition) is 0. The lowest BCUT2D eigenvalue weighted by Gasteiger charge is -2.15. The number of hydrogen-bond acceptors (Lipinski definition) is 7. The Kier molecular flexibility index (Phi) is 8.33. The Bertz CT molecular complexity index is 868. The molecule has 0 amide bonds. The van der Waals surface area contributed by atoms with Crippen molar-refractivity contribution in [1.82, 2.24) is 0 Å². The molecule has 0 bridgehead atoms. The third-order valence-electron chi connectivity index (χ3n) is 3.93. The standard InChI is InChI=1S/C21H25NO6S/c1-5-27-21(23)11-15-6-8-19(26-4)20(10-15)28-18-9-7-17(22(24)25)12-16(18)13-29-14(2)3/h6-10,12,14H,5,11,13H2,1-4H3. The summed E-state index contributed by atoms with van der Waals surface area (Å²) in [5.74, 6) is 1.68. The van der Waals surface area contributed by atoms with E-state index in [0.717, 1.165) is 11.1 Å². The van der Waals surface area contributed by atoms with Crippen molar-refractivity contribution in [3.63, 3.8) is 0 Å². The van der Waals surface area contributed by atoms with Gasteiger partial charge in [-0.3, -0.25) is 14.9 Å². The van der Waals surface area contributed by atoms with E-state index in [2.05, 4.69) is 13.8 Å². The average molecular weight is 419 g/mol. The molecular weight excluding hydrogens is 394 g/mol. The summed E-state index contributed by atoms with van der Waals surface area (Å²) in [7, 11) is 1.53. The summed E-state index contributed by atoms with van der Waals surface area (Å²) in [5.41, 5.74) is 1.45. The van der Waals surface area contributed by atoms with Crippen molar-refractivity contribution in [2.45, 2.75) is 38.2 Å². The Balaban J connectivity index is 2.35. The topological polar surface area (TPSA) is 87.9 Å². The maximum Gasteiger partial charge on any atom is 0.310 e. The number of benzene rings is 2. The monoisotopic (exact) mass is 419 g/mol. The molecule has 0 aliphatic carbocycles. The third-order valence-corrected chi connectivity index (χ3v) is 5.07. The number of rotatable bonds is 10. The van der Waals surface area contributed by atoms with Crippen LogP contribution in [0.25, 0.3) is 0 Å². The van der Waals surface area contributed by atoms with E-state index >= 15 is 0 Å². The van der Waals surface area contributed by atoms with Crippen molar-refractivity contribution in [2.75, 3.05) is 13.7 Å². The van der Waals surface area contributed by atoms with Crippen molar-refractivity contribution < 1.29 is 23.9 Å². The van der Waals surface area contributed by atoms with Crippen LogP contribution in [0.5, 0.6) is 17.2 Å². The number of nitro groups is 1. The van der Waals surface area contributed by atoms with Gasteiger partial charge >= 0.3 is 5.97 Å². The fourth-order valence-corrected chi connectivity index (χ4v) is 3.29. The number of carbonyl (C=O) groups excluding carboxylic acids is 1. The molecule has 0 fully saturated rings. The minimum atomic E-state index is -0.423. The van der Waals surface area contributed by atoms with Gasteiger partial charge in [-0.1, -0.05) is 19.9 Å². The van der Waals surface area contributed by atoms with Gasteiger partial charge < -0.3 is 14.2 Å². The van der Waals surface area contributed by atoms with E-state index in [1.807, 2.05) is 0 Å². The highest BCUT2D eigenvalue weighted by Crippen LogP contribution is 2.37. The number of thioether (sulfide) groups is 1. The highest BCUT2D eigenvalue weighted by atomic mass is 32.2. The molecule has 0 heterocycles. The van der Waals surface area contributed by atoms with Crippen LogP contribution in [-0.2, 0) is 21.7 Å². The zero-order valence-electron chi connectivity index (χ0n) is 17.0. The maximum absolute atomic E-state index is 11.8. The molecule has 0 spiro atoms. The number of nitrogens with zero attached hydrogens (tertiary/aromatic N) is 1. The molecule has 156 valence electrons. The first-order valence-electron chi connectivity index (χ1n) is 9.23. The van der Waals surface area contributed by atoms with E-state index in [9.17, 15) is 14.9 Å². The molecule has 0 saturated heterocycles. The van der Waals surface area contributed by atoms with Crippen LogP contribution < -0.4 is 9.47 Å². The Morgan fingerprint density at radius 3 is 2.48 bits per heavy atom. The van der Waals surface area contributed by atoms with E-state index < -0.39 is 4.92 Å². The van der Waals surface area contributed by atoms with Crippen LogP contribution in [0.1, 0.15) is 31.9 Å². The van der Waals surface area contributed by atoms with Gasteiger partial charge in [-0.25, -0.2) is 0 Å². The highest BCUT2D eigenvalue weighted by molar-refractivity contribution is 7.99. The number of non-ortho nitro benzene ring substituents is 1. The van der Waals surface area contributed by atoms with Crippen LogP contribution in [0.2, 0.25) is 0 Å². The second-order valence-corrected chi connectivity index (χ2v) is 8.04. The van der Waals surface area contributed by atoms with Gasteiger partial charge in [0.2, 0.25) is 0 Å². The molecule has 0 aromatic heterocycles. The van der Waals surface area contributed by atoms with Crippen LogP contribution in [-0.4, -0.2) is 29.9 Å². The average Bonchev–Trinajstić information content (AvgIpc) is 2.67. The summed E-state index contributed by atoms with van der Waals surface area (Å²) in [6, 6.07) is 9.74. The molecular formula is C21H25NO6S. The molecule has 0 N–H and O–H groups in total. The molecule has 7 nitrogen and oxygen atoms in total. The van der Waals surface area contributed by atoms with Gasteiger partial charge in [-0.15, -0.1) is 0 Å². The van der Waals surface area contributed by atoms with Gasteiger partial charge in [0.25, 0.3) is 5.69 Å². The lowest BCUT2D eigenvalue weighted by Crippen LogP contribution is -2.07. The molecule has 29 heavy (non-hydrogen) atoms. The fourth-order valence-electron chi connectivity index (χ4n) is 2.56. The lowest BCUT2D eigenvalue weighted by atomic mass is 10.1. The molecule has 0 radical (unpaired) electrons. The first-order valence-corrected chi connectivity index (χ1v) is 10.3. The van der Waals surface area contributed by atoms with E-state index in [1.165, 1.54) is 19.2 Å². The summed E-state index contributed by atoms with van der Waals surface area (Å²) in [4.78, 5) is 22.5. The van der Waals surface area contributed by atoms with Gasteiger partial charge in [0.1, 0.15) is 5.75 Å². The zero-order chi connectivity index (χ0) is 21.4. The Morgan fingerprint density at radius 1 is 1.14 bits per heavy atom. The number of nitro benzene ring substituents is 1. The van der Waals surface area contributed by atoms with E-state index in [-0.39, 0.29) is 18.1 Å². The van der Waals surface area contributed by atoms with Gasteiger partial charge in [-0.05, 0) is 35.9 Å². The number of methoxy groups -OCH3 is 1. The van der Waals surface area contributed by atoms with Crippen LogP contribution in [0, 0.1) is 10.1 Å². The van der Waals surface area contributed by atoms with Crippen molar-refractivity contribution in [2.24, 2.45) is 0 Å². The van der Waals surface area contributed by atoms with Gasteiger partial charge in [0.05, 0.1) is 25.1 Å². The van der Waals surface area contributed by atoms with Gasteiger partial charge in [-0.2, -0.15) is 11.8 Å². The van der Waals surface area contributed by atoms with Crippen LogP contribution in [0.3, 0.4) is 0 Å². The van der Waals surface area contributed by atoms with Crippen LogP contribution in [0.15, 0.2) is 36.4 Å². The van der Waals surface area contributed by atoms with Crippen molar-refractivity contribution in [1.29, 1.82) is 0 Å². The number of ether oxygens (including phenoxy) is 3. The van der Waals surface area contributed by atoms with Gasteiger partial charge in [0, 0.05) is 23.4 Å². The van der Waals surface area contributed by atoms with E-state index in [1.54, 1.807) is 43.0 Å². The first kappa shape index (κ1) is 22.5. The van der Waals surface area contributed by atoms with Crippen molar-refractivity contribution in [3.8, 4) is 17.2 Å². The van der Waals surface area contributed by atoms with Gasteiger partial charge in [0.15, 0.2) is 11.5 Å². The third kappa shape index (κ3) is 6.67. The Morgan fingerprint density at radius 2 is 1.86 bits per heavy atom. The quantitative estimate of drug-likeness (QED) is 0.299. The summed E-state index contributed by atoms with van der Waals surface area (Å²) in [6.07, 6.45) is 0.116. The van der Waals surface area contributed by atoms with Crippen molar-refractivity contribution in [3.05, 3.63) is 57.6 Å². The molecule has 0 saturated carbocycles. The molecule has 0 aliphatic rings. The van der Waals surface area contributed by atoms with Crippen molar-refractivity contribution >= 4 is 23.4 Å². The fraction of sp³-hybridized carbons (Fsp3) is 0.381. The second-order valence-electron chi connectivity index (χ2n) is 6.48. The molecule has 0 atom stereocenters. The maximum atomic E-state index is 11.8. The normalized spacial score (nSPS) is 10.7. The smallest absolute Gasteiger partial charge is 0.310 e. The minimum absolute atomic E-state index is 0.0136. The Labute approximate surface area is 174 Å². The number of esters is 1. The predicted octanol–water partition coefficient (Wildman–Crippen LogP) is 5.14. The summed E-state index contributed by atoms with van der Waals surface area (Å²) >= 11 is 1.66. The molecule has 2 aromatic carbocycles. The minimum Gasteiger partial charge on any atom is -0.493 e. The second kappa shape index (κ2) is 10.7. The summed E-state index contributed by atoms with van der Waals surface area (Å²) < 4.78 is 16.4. The molecule has 2 rings (SSSR count). The molecule has 2 aromatic rings. The lowest BCUT2D eigenvalue weighted by molar-refractivity contribution is -0.384. The highest BCUT2D eigenvalue weighted by Gasteiger charge is 2.16. The SMILES string of the molecule is CCOC(=O)Cc1ccc(OC)c(Oc2ccc([N+](=O)[O-])cc2CSC(C)C)c1. The molecule has 0 aliphatic heterocycles. The predicted molar refractivity (Wildman–Crippen MR) is 113 cm³/mol. The Hall–Kier alpha value is -2.74. The largest absolute Gasteiger partial charge is 0.493 e. The first-order chi connectivity index (χ1) is 13.8. The van der Waals surface area contributed by atoms with E-state index in [4.69, 9.17) is 14.2 Å². The van der Waals surface area contributed by atoms with Crippen LogP contribution >= 0.6 is 11.8 Å². The van der Waals surface area contributed by atoms with E-state index in [0.29, 0.717) is 34.9 Å². The molecule has 0 unspecified atom stereocenters. The number of carbonyl (C=O) groups is 1. The summed E-state index contributed by atoms with van der Waals surface area (Å²) in [6.45, 7) is 6.19. The zero-order valence-corrected chi connectivity index (χ0v) is 17.8. The summed E-state index contributed by atoms with van der Waals surface area (Å²) in [5, 5.41) is 11.5. The van der Waals surface area contributed by atoms with Crippen LogP contribution in [0.4, 0.5) is 5.69 Å².